The van der Waals surface area contributed by atoms with Crippen LogP contribution in [0.1, 0.15) is 32.1 Å². The Bertz CT molecular complexity index is 618. The van der Waals surface area contributed by atoms with Gasteiger partial charge in [-0.15, -0.1) is 0 Å². The van der Waals surface area contributed by atoms with Crippen molar-refractivity contribution in [2.24, 2.45) is 11.8 Å². The van der Waals surface area contributed by atoms with Gasteiger partial charge in [-0.05, 0) is 56.3 Å². The van der Waals surface area contributed by atoms with Crippen LogP contribution in [-0.4, -0.2) is 42.9 Å². The van der Waals surface area contributed by atoms with Crippen molar-refractivity contribution in [1.82, 2.24) is 10.2 Å². The number of amides is 2. The van der Waals surface area contributed by atoms with Gasteiger partial charge in [0.05, 0.1) is 0 Å². The lowest BCUT2D eigenvalue weighted by molar-refractivity contribution is -0.120. The second-order valence-corrected chi connectivity index (χ2v) is 7.14. The van der Waals surface area contributed by atoms with E-state index in [-0.39, 0.29) is 11.8 Å². The van der Waals surface area contributed by atoms with E-state index < -0.39 is 0 Å². The van der Waals surface area contributed by atoms with Crippen molar-refractivity contribution in [3.05, 3.63) is 30.1 Å². The molecule has 0 aromatic heterocycles. The van der Waals surface area contributed by atoms with Gasteiger partial charge in [0.25, 0.3) is 0 Å². The molecule has 2 amide bonds. The second kappa shape index (κ2) is 8.43. The third kappa shape index (κ3) is 5.81. The van der Waals surface area contributed by atoms with Crippen LogP contribution in [0.5, 0.6) is 0 Å². The molecule has 1 saturated heterocycles. The van der Waals surface area contributed by atoms with Crippen molar-refractivity contribution in [2.45, 2.75) is 32.1 Å². The normalized spacial score (nSPS) is 20.9. The molecule has 136 valence electrons. The number of carbonyl (C=O) groups is 2. The van der Waals surface area contributed by atoms with Crippen molar-refractivity contribution in [3.63, 3.8) is 0 Å². The predicted molar refractivity (Wildman–Crippen MR) is 94.9 cm³/mol. The van der Waals surface area contributed by atoms with Crippen LogP contribution >= 0.6 is 0 Å². The van der Waals surface area contributed by atoms with Crippen LogP contribution in [0.2, 0.25) is 0 Å². The van der Waals surface area contributed by atoms with Gasteiger partial charge < -0.3 is 15.5 Å². The molecule has 1 atom stereocenters. The molecule has 1 aliphatic carbocycles. The molecule has 2 fully saturated rings. The largest absolute Gasteiger partial charge is 0.338 e. The molecule has 2 aliphatic rings. The van der Waals surface area contributed by atoms with E-state index in [0.29, 0.717) is 36.3 Å². The van der Waals surface area contributed by atoms with E-state index in [1.54, 1.807) is 12.1 Å². The summed E-state index contributed by atoms with van der Waals surface area (Å²) in [7, 11) is 0. The van der Waals surface area contributed by atoms with Gasteiger partial charge >= 0.3 is 6.03 Å². The average molecular weight is 347 g/mol. The summed E-state index contributed by atoms with van der Waals surface area (Å²) in [5.41, 5.74) is 0.446. The van der Waals surface area contributed by atoms with Crippen molar-refractivity contribution >= 4 is 17.5 Å². The van der Waals surface area contributed by atoms with Gasteiger partial charge in [-0.3, -0.25) is 4.79 Å². The lowest BCUT2D eigenvalue weighted by atomic mass is 9.97. The number of urea groups is 1. The van der Waals surface area contributed by atoms with Crippen molar-refractivity contribution < 1.29 is 14.0 Å². The molecule has 0 spiro atoms. The summed E-state index contributed by atoms with van der Waals surface area (Å²) in [6.45, 7) is 3.37. The summed E-state index contributed by atoms with van der Waals surface area (Å²) >= 11 is 0. The molecule has 1 aromatic carbocycles. The first-order valence-corrected chi connectivity index (χ1v) is 9.15. The Morgan fingerprint density at radius 1 is 1.24 bits per heavy atom. The number of anilines is 1. The molecule has 1 aliphatic heterocycles. The Morgan fingerprint density at radius 3 is 2.84 bits per heavy atom. The molecule has 1 heterocycles. The maximum atomic E-state index is 13.1. The molecule has 2 N–H and O–H groups in total. The summed E-state index contributed by atoms with van der Waals surface area (Å²) in [5, 5.41) is 5.51. The van der Waals surface area contributed by atoms with Crippen LogP contribution in [-0.2, 0) is 4.79 Å². The highest BCUT2D eigenvalue weighted by Gasteiger charge is 2.29. The molecule has 25 heavy (non-hydrogen) atoms. The van der Waals surface area contributed by atoms with Gasteiger partial charge in [0, 0.05) is 37.7 Å². The van der Waals surface area contributed by atoms with Crippen LogP contribution in [0.25, 0.3) is 0 Å². The molecule has 0 radical (unpaired) electrons. The Kier molecular flexibility index (Phi) is 6.02. The SMILES string of the molecule is O=C(NCC1CCCN(CCC(=O)C2CC2)C1)Nc1cccc(F)c1. The van der Waals surface area contributed by atoms with Crippen LogP contribution in [0.3, 0.4) is 0 Å². The zero-order valence-corrected chi connectivity index (χ0v) is 14.5. The standard InChI is InChI=1S/C19H26FN3O2/c20-16-4-1-5-17(11-16)22-19(25)21-12-14-3-2-9-23(13-14)10-8-18(24)15-6-7-15/h1,4-5,11,14-15H,2-3,6-10,12-13H2,(H2,21,22,25). The maximum Gasteiger partial charge on any atom is 0.319 e. The van der Waals surface area contributed by atoms with Crippen LogP contribution in [0, 0.1) is 17.7 Å². The lowest BCUT2D eigenvalue weighted by Gasteiger charge is -2.32. The molecule has 3 rings (SSSR count). The summed E-state index contributed by atoms with van der Waals surface area (Å²) in [6.07, 6.45) is 4.98. The Labute approximate surface area is 148 Å². The smallest absolute Gasteiger partial charge is 0.319 e. The zero-order chi connectivity index (χ0) is 17.6. The van der Waals surface area contributed by atoms with Gasteiger partial charge in [-0.1, -0.05) is 6.07 Å². The van der Waals surface area contributed by atoms with Crippen molar-refractivity contribution in [3.8, 4) is 0 Å². The van der Waals surface area contributed by atoms with Crippen molar-refractivity contribution in [2.75, 3.05) is 31.5 Å². The minimum atomic E-state index is -0.374. The highest BCUT2D eigenvalue weighted by Crippen LogP contribution is 2.31. The first-order chi connectivity index (χ1) is 12.1. The minimum absolute atomic E-state index is 0.313. The number of nitrogens with one attached hydrogen (secondary N) is 2. The number of rotatable bonds is 7. The summed E-state index contributed by atoms with van der Waals surface area (Å²) < 4.78 is 13.1. The van der Waals surface area contributed by atoms with Gasteiger partial charge in [-0.25, -0.2) is 9.18 Å². The molecule has 1 saturated carbocycles. The number of hydrogen-bond acceptors (Lipinski definition) is 3. The van der Waals surface area contributed by atoms with Gasteiger partial charge in [0.2, 0.25) is 0 Å². The molecular formula is C19H26FN3O2. The Hall–Kier alpha value is -1.95. The topological polar surface area (TPSA) is 61.4 Å². The van der Waals surface area contributed by atoms with E-state index in [1.807, 2.05) is 0 Å². The van der Waals surface area contributed by atoms with Gasteiger partial charge in [0.15, 0.2) is 0 Å². The van der Waals surface area contributed by atoms with Crippen LogP contribution in [0.15, 0.2) is 24.3 Å². The number of benzene rings is 1. The molecule has 0 bridgehead atoms. The maximum absolute atomic E-state index is 13.1. The third-order valence-corrected chi connectivity index (χ3v) is 4.94. The lowest BCUT2D eigenvalue weighted by Crippen LogP contribution is -2.42. The Morgan fingerprint density at radius 2 is 2.08 bits per heavy atom. The zero-order valence-electron chi connectivity index (χ0n) is 14.5. The van der Waals surface area contributed by atoms with E-state index in [4.69, 9.17) is 0 Å². The van der Waals surface area contributed by atoms with Crippen LogP contribution < -0.4 is 10.6 Å². The fraction of sp³-hybridized carbons (Fsp3) is 0.579. The predicted octanol–water partition coefficient (Wildman–Crippen LogP) is 3.03. The van der Waals surface area contributed by atoms with E-state index in [1.165, 1.54) is 12.1 Å². The number of carbonyl (C=O) groups excluding carboxylic acids is 2. The van der Waals surface area contributed by atoms with E-state index in [9.17, 15) is 14.0 Å². The number of halogens is 1. The molecule has 1 aromatic rings. The van der Waals surface area contributed by atoms with E-state index >= 15 is 0 Å². The number of Topliss-reactive ketones (excluding diaryl/α,β-unsaturated/α-hetero) is 1. The summed E-state index contributed by atoms with van der Waals surface area (Å²) in [5.74, 6) is 0.771. The first-order valence-electron chi connectivity index (χ1n) is 9.15. The molecule has 1 unspecified atom stereocenters. The van der Waals surface area contributed by atoms with Crippen molar-refractivity contribution in [1.29, 1.82) is 0 Å². The monoisotopic (exact) mass is 347 g/mol. The fourth-order valence-corrected chi connectivity index (χ4v) is 3.38. The number of nitrogens with zero attached hydrogens (tertiary/aromatic N) is 1. The first kappa shape index (κ1) is 17.9. The number of hydrogen-bond donors (Lipinski definition) is 2. The van der Waals surface area contributed by atoms with E-state index in [2.05, 4.69) is 15.5 Å². The highest BCUT2D eigenvalue weighted by molar-refractivity contribution is 5.89. The second-order valence-electron chi connectivity index (χ2n) is 7.14. The molecule has 6 heteroatoms. The molecular weight excluding hydrogens is 321 g/mol. The number of ketones is 1. The van der Waals surface area contributed by atoms with Crippen LogP contribution in [0.4, 0.5) is 14.9 Å². The number of piperidine rings is 1. The molecule has 5 nitrogen and oxygen atoms in total. The summed E-state index contributed by atoms with van der Waals surface area (Å²) in [4.78, 5) is 26.1. The Balaban J connectivity index is 1.37. The van der Waals surface area contributed by atoms with Gasteiger partial charge in [0.1, 0.15) is 11.6 Å². The quantitative estimate of drug-likeness (QED) is 0.797. The fourth-order valence-electron chi connectivity index (χ4n) is 3.38. The third-order valence-electron chi connectivity index (χ3n) is 4.94. The minimum Gasteiger partial charge on any atom is -0.338 e. The highest BCUT2D eigenvalue weighted by atomic mass is 19.1. The summed E-state index contributed by atoms with van der Waals surface area (Å²) in [6, 6.07) is 5.54. The number of likely N-dealkylation sites (tertiary alicyclic amines) is 1. The van der Waals surface area contributed by atoms with Gasteiger partial charge in [-0.2, -0.15) is 0 Å². The van der Waals surface area contributed by atoms with E-state index in [0.717, 1.165) is 45.3 Å². The average Bonchev–Trinajstić information content (AvgIpc) is 3.43.